The summed E-state index contributed by atoms with van der Waals surface area (Å²) in [5.41, 5.74) is 1.05. The smallest absolute Gasteiger partial charge is 0.264 e. The van der Waals surface area contributed by atoms with Crippen molar-refractivity contribution in [2.75, 3.05) is 33.9 Å². The third-order valence-corrected chi connectivity index (χ3v) is 5.57. The number of carbonyl (C=O) groups is 1. The average molecular weight is 319 g/mol. The summed E-state index contributed by atoms with van der Waals surface area (Å²) in [5.74, 6) is 1.44. The molecule has 0 spiro atoms. The number of methoxy groups -OCH3 is 2. The van der Waals surface area contributed by atoms with Crippen LogP contribution in [0.5, 0.6) is 5.75 Å². The normalized spacial score (nSPS) is 18.1. The number of ether oxygens (including phenoxy) is 2. The molecule has 0 saturated carbocycles. The number of benzene rings is 1. The number of thiophene rings is 1. The molecule has 0 bridgehead atoms. The lowest BCUT2D eigenvalue weighted by Gasteiger charge is -2.16. The number of fused-ring (bicyclic) bond motifs is 1. The molecule has 2 aromatic rings. The molecule has 1 atom stereocenters. The number of nitrogens with zero attached hydrogens (tertiary/aromatic N) is 1. The summed E-state index contributed by atoms with van der Waals surface area (Å²) in [4.78, 5) is 15.6. The molecular formula is C17H21NO3S. The summed E-state index contributed by atoms with van der Waals surface area (Å²) in [5, 5.41) is 1.11. The highest BCUT2D eigenvalue weighted by molar-refractivity contribution is 7.21. The van der Waals surface area contributed by atoms with Crippen LogP contribution in [0, 0.1) is 12.8 Å². The number of hydrogen-bond donors (Lipinski definition) is 0. The standard InChI is InChI=1S/C17H21NO3S/c1-11-14-8-13(21-3)4-5-15(14)22-16(11)17(19)18-7-6-12(9-18)10-20-2/h4-5,8,12H,6-7,9-10H2,1-3H3/t12-/m1/s1. The highest BCUT2D eigenvalue weighted by Gasteiger charge is 2.29. The van der Waals surface area contributed by atoms with Crippen molar-refractivity contribution in [2.45, 2.75) is 13.3 Å². The van der Waals surface area contributed by atoms with Gasteiger partial charge in [-0.2, -0.15) is 0 Å². The highest BCUT2D eigenvalue weighted by Crippen LogP contribution is 2.34. The molecular weight excluding hydrogens is 298 g/mol. The molecule has 1 saturated heterocycles. The molecule has 4 nitrogen and oxygen atoms in total. The first-order valence-electron chi connectivity index (χ1n) is 7.49. The first kappa shape index (κ1) is 15.3. The minimum atomic E-state index is 0.149. The lowest BCUT2D eigenvalue weighted by molar-refractivity contribution is 0.0779. The molecule has 1 amide bonds. The molecule has 1 aromatic heterocycles. The van der Waals surface area contributed by atoms with Crippen LogP contribution in [0.1, 0.15) is 21.7 Å². The van der Waals surface area contributed by atoms with Crippen molar-refractivity contribution < 1.29 is 14.3 Å². The van der Waals surface area contributed by atoms with E-state index in [2.05, 4.69) is 0 Å². The van der Waals surface area contributed by atoms with Crippen LogP contribution in [0.15, 0.2) is 18.2 Å². The summed E-state index contributed by atoms with van der Waals surface area (Å²) in [6, 6.07) is 5.98. The Labute approximate surface area is 134 Å². The largest absolute Gasteiger partial charge is 0.497 e. The van der Waals surface area contributed by atoms with Crippen molar-refractivity contribution in [1.29, 1.82) is 0 Å². The molecule has 22 heavy (non-hydrogen) atoms. The monoisotopic (exact) mass is 319 g/mol. The topological polar surface area (TPSA) is 38.8 Å². The Hall–Kier alpha value is -1.59. The minimum Gasteiger partial charge on any atom is -0.497 e. The molecule has 0 N–H and O–H groups in total. The van der Waals surface area contributed by atoms with Crippen LogP contribution in [0.2, 0.25) is 0 Å². The van der Waals surface area contributed by atoms with Crippen LogP contribution < -0.4 is 4.74 Å². The van der Waals surface area contributed by atoms with Crippen molar-refractivity contribution in [2.24, 2.45) is 5.92 Å². The van der Waals surface area contributed by atoms with Crippen LogP contribution in [-0.2, 0) is 4.74 Å². The van der Waals surface area contributed by atoms with Gasteiger partial charge in [-0.15, -0.1) is 11.3 Å². The van der Waals surface area contributed by atoms with Crippen LogP contribution in [0.3, 0.4) is 0 Å². The second-order valence-corrected chi connectivity index (χ2v) is 6.83. The Morgan fingerprint density at radius 1 is 1.41 bits per heavy atom. The molecule has 1 aliphatic heterocycles. The maximum Gasteiger partial charge on any atom is 0.264 e. The van der Waals surface area contributed by atoms with E-state index in [9.17, 15) is 4.79 Å². The molecule has 2 heterocycles. The zero-order valence-corrected chi connectivity index (χ0v) is 14.0. The van der Waals surface area contributed by atoms with E-state index in [-0.39, 0.29) is 5.91 Å². The van der Waals surface area contributed by atoms with Crippen molar-refractivity contribution in [3.63, 3.8) is 0 Å². The maximum atomic E-state index is 12.8. The summed E-state index contributed by atoms with van der Waals surface area (Å²) in [6.07, 6.45) is 1.03. The SMILES string of the molecule is COC[C@@H]1CCN(C(=O)c2sc3ccc(OC)cc3c2C)C1. The van der Waals surface area contributed by atoms with Gasteiger partial charge in [0.2, 0.25) is 0 Å². The van der Waals surface area contributed by atoms with E-state index < -0.39 is 0 Å². The zero-order valence-electron chi connectivity index (χ0n) is 13.2. The summed E-state index contributed by atoms with van der Waals surface area (Å²) in [6.45, 7) is 4.37. The van der Waals surface area contributed by atoms with Gasteiger partial charge >= 0.3 is 0 Å². The molecule has 1 aromatic carbocycles. The summed E-state index contributed by atoms with van der Waals surface area (Å²) >= 11 is 1.57. The molecule has 1 fully saturated rings. The van der Waals surface area contributed by atoms with E-state index in [1.165, 1.54) is 0 Å². The molecule has 1 aliphatic rings. The fourth-order valence-corrected chi connectivity index (χ4v) is 4.22. The van der Waals surface area contributed by atoms with Crippen LogP contribution >= 0.6 is 11.3 Å². The molecule has 0 aliphatic carbocycles. The number of amides is 1. The Balaban J connectivity index is 1.87. The Kier molecular flexibility index (Phi) is 4.36. The predicted octanol–water partition coefficient (Wildman–Crippen LogP) is 3.33. The lowest BCUT2D eigenvalue weighted by atomic mass is 10.1. The number of hydrogen-bond acceptors (Lipinski definition) is 4. The third-order valence-electron chi connectivity index (χ3n) is 4.31. The van der Waals surface area contributed by atoms with Gasteiger partial charge in [0.05, 0.1) is 18.6 Å². The Morgan fingerprint density at radius 3 is 2.95 bits per heavy atom. The summed E-state index contributed by atoms with van der Waals surface area (Å²) in [7, 11) is 3.38. The number of carbonyl (C=O) groups excluding carboxylic acids is 1. The van der Waals surface area contributed by atoms with Gasteiger partial charge in [-0.1, -0.05) is 0 Å². The van der Waals surface area contributed by atoms with Crippen LogP contribution in [0.25, 0.3) is 10.1 Å². The number of aryl methyl sites for hydroxylation is 1. The van der Waals surface area contributed by atoms with Gasteiger partial charge in [0.1, 0.15) is 5.75 Å². The molecule has 3 rings (SSSR count). The van der Waals surface area contributed by atoms with Gasteiger partial charge in [-0.05, 0) is 42.5 Å². The lowest BCUT2D eigenvalue weighted by Crippen LogP contribution is -2.29. The Morgan fingerprint density at radius 2 is 2.23 bits per heavy atom. The van der Waals surface area contributed by atoms with Gasteiger partial charge in [-0.3, -0.25) is 4.79 Å². The average Bonchev–Trinajstić information content (AvgIpc) is 3.12. The van der Waals surface area contributed by atoms with Gasteiger partial charge in [0, 0.05) is 30.8 Å². The van der Waals surface area contributed by atoms with E-state index in [1.807, 2.05) is 30.0 Å². The minimum absolute atomic E-state index is 0.149. The van der Waals surface area contributed by atoms with Crippen molar-refractivity contribution in [3.05, 3.63) is 28.6 Å². The number of likely N-dealkylation sites (tertiary alicyclic amines) is 1. The van der Waals surface area contributed by atoms with E-state index in [4.69, 9.17) is 9.47 Å². The predicted molar refractivity (Wildman–Crippen MR) is 89.0 cm³/mol. The van der Waals surface area contributed by atoms with Gasteiger partial charge in [0.15, 0.2) is 0 Å². The fourth-order valence-electron chi connectivity index (χ4n) is 3.06. The first-order chi connectivity index (χ1) is 10.6. The van der Waals surface area contributed by atoms with Crippen molar-refractivity contribution in [1.82, 2.24) is 4.90 Å². The molecule has 118 valence electrons. The van der Waals surface area contributed by atoms with E-state index in [0.717, 1.165) is 52.4 Å². The summed E-state index contributed by atoms with van der Waals surface area (Å²) < 4.78 is 11.6. The quantitative estimate of drug-likeness (QED) is 0.868. The van der Waals surface area contributed by atoms with Crippen molar-refractivity contribution >= 4 is 27.3 Å². The van der Waals surface area contributed by atoms with Crippen LogP contribution in [0.4, 0.5) is 0 Å². The fraction of sp³-hybridized carbons (Fsp3) is 0.471. The third kappa shape index (κ3) is 2.71. The van der Waals surface area contributed by atoms with Crippen molar-refractivity contribution in [3.8, 4) is 5.75 Å². The second-order valence-electron chi connectivity index (χ2n) is 5.78. The van der Waals surface area contributed by atoms with Gasteiger partial charge < -0.3 is 14.4 Å². The van der Waals surface area contributed by atoms with Gasteiger partial charge in [-0.25, -0.2) is 0 Å². The van der Waals surface area contributed by atoms with E-state index >= 15 is 0 Å². The van der Waals surface area contributed by atoms with Crippen LogP contribution in [-0.4, -0.2) is 44.7 Å². The van der Waals surface area contributed by atoms with E-state index in [1.54, 1.807) is 25.6 Å². The Bertz CT molecular complexity index is 695. The first-order valence-corrected chi connectivity index (χ1v) is 8.31. The zero-order chi connectivity index (χ0) is 15.7. The maximum absolute atomic E-state index is 12.8. The molecule has 0 radical (unpaired) electrons. The molecule has 5 heteroatoms. The molecule has 0 unspecified atom stereocenters. The number of rotatable bonds is 4. The second kappa shape index (κ2) is 6.26. The van der Waals surface area contributed by atoms with E-state index in [0.29, 0.717) is 5.92 Å². The highest BCUT2D eigenvalue weighted by atomic mass is 32.1. The van der Waals surface area contributed by atoms with Gasteiger partial charge in [0.25, 0.3) is 5.91 Å².